The summed E-state index contributed by atoms with van der Waals surface area (Å²) < 4.78 is 7.48. The zero-order valence-electron chi connectivity index (χ0n) is 13.7. The molecule has 22 heavy (non-hydrogen) atoms. The molecule has 0 amide bonds. The molecule has 1 saturated heterocycles. The zero-order chi connectivity index (χ0) is 15.9. The third-order valence-corrected chi connectivity index (χ3v) is 4.40. The lowest BCUT2D eigenvalue weighted by atomic mass is 9.88. The monoisotopic (exact) mass is 304 g/mol. The van der Waals surface area contributed by atoms with Gasteiger partial charge < -0.3 is 19.9 Å². The number of rotatable bonds is 2. The van der Waals surface area contributed by atoms with Gasteiger partial charge in [-0.05, 0) is 12.3 Å². The van der Waals surface area contributed by atoms with Crippen molar-refractivity contribution >= 4 is 22.9 Å². The van der Waals surface area contributed by atoms with Crippen molar-refractivity contribution in [2.24, 2.45) is 5.41 Å². The summed E-state index contributed by atoms with van der Waals surface area (Å²) in [6.45, 7) is 11.7. The smallest absolute Gasteiger partial charge is 0.229 e. The highest BCUT2D eigenvalue weighted by molar-refractivity contribution is 5.83. The summed E-state index contributed by atoms with van der Waals surface area (Å²) in [7, 11) is 0. The van der Waals surface area contributed by atoms with Crippen LogP contribution in [0.3, 0.4) is 0 Å². The first kappa shape index (κ1) is 15.0. The van der Waals surface area contributed by atoms with Gasteiger partial charge in [0.05, 0.1) is 19.5 Å². The number of hydrogen-bond acceptors (Lipinski definition) is 6. The van der Waals surface area contributed by atoms with E-state index < -0.39 is 0 Å². The van der Waals surface area contributed by atoms with Crippen LogP contribution in [0.4, 0.5) is 11.8 Å². The summed E-state index contributed by atoms with van der Waals surface area (Å²) in [5.74, 6) is 1.10. The molecule has 2 aromatic heterocycles. The van der Waals surface area contributed by atoms with E-state index in [4.69, 9.17) is 15.5 Å². The molecule has 1 aliphatic heterocycles. The molecular formula is C15H24N6O. The first-order chi connectivity index (χ1) is 10.4. The highest BCUT2D eigenvalue weighted by atomic mass is 16.5. The molecule has 7 nitrogen and oxygen atoms in total. The van der Waals surface area contributed by atoms with Crippen molar-refractivity contribution < 1.29 is 4.74 Å². The number of ether oxygens (including phenoxy) is 1. The van der Waals surface area contributed by atoms with Crippen molar-refractivity contribution in [1.82, 2.24) is 19.5 Å². The fraction of sp³-hybridized carbons (Fsp3) is 0.667. The molecular weight excluding hydrogens is 280 g/mol. The molecule has 0 aliphatic carbocycles. The molecule has 0 bridgehead atoms. The molecule has 0 spiro atoms. The van der Waals surface area contributed by atoms with E-state index in [0.29, 0.717) is 30.5 Å². The Labute approximate surface area is 130 Å². The molecule has 1 fully saturated rings. The quantitative estimate of drug-likeness (QED) is 0.912. The molecule has 120 valence electrons. The van der Waals surface area contributed by atoms with Crippen LogP contribution in [-0.2, 0) is 4.74 Å². The van der Waals surface area contributed by atoms with Crippen molar-refractivity contribution in [3.8, 4) is 0 Å². The van der Waals surface area contributed by atoms with Crippen molar-refractivity contribution in [2.45, 2.75) is 33.7 Å². The lowest BCUT2D eigenvalue weighted by Gasteiger charge is -2.29. The average molecular weight is 304 g/mol. The second-order valence-corrected chi connectivity index (χ2v) is 6.87. The minimum Gasteiger partial charge on any atom is -0.382 e. The lowest BCUT2D eigenvalue weighted by molar-refractivity contribution is 0.122. The number of nitrogen functional groups attached to an aromatic ring is 1. The summed E-state index contributed by atoms with van der Waals surface area (Å²) >= 11 is 0. The van der Waals surface area contributed by atoms with Crippen LogP contribution in [0.15, 0.2) is 6.33 Å². The zero-order valence-corrected chi connectivity index (χ0v) is 13.7. The number of fused-ring (bicyclic) bond motifs is 1. The fourth-order valence-corrected chi connectivity index (χ4v) is 2.53. The van der Waals surface area contributed by atoms with E-state index in [1.54, 1.807) is 0 Å². The lowest BCUT2D eigenvalue weighted by Crippen LogP contribution is -2.37. The SMILES string of the molecule is C[C@H](n1cnc2c(N)nc(N3CCOCC3)nc21)C(C)(C)C. The third kappa shape index (κ3) is 2.61. The van der Waals surface area contributed by atoms with Crippen LogP contribution in [0.25, 0.3) is 11.2 Å². The average Bonchev–Trinajstić information content (AvgIpc) is 2.90. The largest absolute Gasteiger partial charge is 0.382 e. The maximum atomic E-state index is 6.10. The first-order valence-electron chi connectivity index (χ1n) is 7.70. The van der Waals surface area contributed by atoms with Crippen molar-refractivity contribution in [1.29, 1.82) is 0 Å². The number of nitrogens with two attached hydrogens (primary N) is 1. The maximum absolute atomic E-state index is 6.10. The van der Waals surface area contributed by atoms with Crippen LogP contribution in [0.5, 0.6) is 0 Å². The second-order valence-electron chi connectivity index (χ2n) is 6.87. The summed E-state index contributed by atoms with van der Waals surface area (Å²) in [6, 6.07) is 0.254. The predicted octanol–water partition coefficient (Wildman–Crippen LogP) is 1.85. The molecule has 3 heterocycles. The van der Waals surface area contributed by atoms with Crippen LogP contribution in [0.1, 0.15) is 33.7 Å². The fourth-order valence-electron chi connectivity index (χ4n) is 2.53. The predicted molar refractivity (Wildman–Crippen MR) is 86.9 cm³/mol. The van der Waals surface area contributed by atoms with Crippen LogP contribution in [0, 0.1) is 5.41 Å². The van der Waals surface area contributed by atoms with E-state index in [0.717, 1.165) is 18.7 Å². The minimum absolute atomic E-state index is 0.104. The van der Waals surface area contributed by atoms with Gasteiger partial charge in [0.15, 0.2) is 11.5 Å². The first-order valence-corrected chi connectivity index (χ1v) is 7.70. The van der Waals surface area contributed by atoms with Crippen LogP contribution < -0.4 is 10.6 Å². The molecule has 1 aliphatic rings. The van der Waals surface area contributed by atoms with E-state index >= 15 is 0 Å². The molecule has 2 N–H and O–H groups in total. The van der Waals surface area contributed by atoms with Gasteiger partial charge >= 0.3 is 0 Å². The molecule has 0 aromatic carbocycles. The molecule has 1 atom stereocenters. The number of hydrogen-bond donors (Lipinski definition) is 1. The van der Waals surface area contributed by atoms with Gasteiger partial charge in [-0.3, -0.25) is 0 Å². The van der Waals surface area contributed by atoms with E-state index in [1.807, 2.05) is 6.33 Å². The summed E-state index contributed by atoms with van der Waals surface area (Å²) in [4.78, 5) is 15.7. The molecule has 3 rings (SSSR count). The summed E-state index contributed by atoms with van der Waals surface area (Å²) in [6.07, 6.45) is 1.81. The second kappa shape index (κ2) is 5.39. The number of aromatic nitrogens is 4. The Morgan fingerprint density at radius 3 is 2.55 bits per heavy atom. The Bertz CT molecular complexity index is 668. The number of nitrogens with zero attached hydrogens (tertiary/aromatic N) is 5. The number of imidazole rings is 1. The summed E-state index contributed by atoms with van der Waals surface area (Å²) in [5, 5.41) is 0. The van der Waals surface area contributed by atoms with Gasteiger partial charge in [0.25, 0.3) is 0 Å². The van der Waals surface area contributed by atoms with Gasteiger partial charge in [-0.2, -0.15) is 9.97 Å². The van der Waals surface area contributed by atoms with Crippen LogP contribution >= 0.6 is 0 Å². The van der Waals surface area contributed by atoms with Crippen LogP contribution in [0.2, 0.25) is 0 Å². The molecule has 0 radical (unpaired) electrons. The Kier molecular flexibility index (Phi) is 3.68. The Hall–Kier alpha value is -1.89. The molecule has 0 unspecified atom stereocenters. The highest BCUT2D eigenvalue weighted by Gasteiger charge is 2.25. The standard InChI is InChI=1S/C15H24N6O/c1-10(15(2,3)4)21-9-17-11-12(16)18-14(19-13(11)21)20-5-7-22-8-6-20/h9-10H,5-8H2,1-4H3,(H2,16,18,19)/t10-/m0/s1. The maximum Gasteiger partial charge on any atom is 0.229 e. The van der Waals surface area contributed by atoms with Crippen molar-refractivity contribution in [3.05, 3.63) is 6.33 Å². The van der Waals surface area contributed by atoms with Gasteiger partial charge in [0, 0.05) is 19.1 Å². The van der Waals surface area contributed by atoms with Gasteiger partial charge in [-0.1, -0.05) is 20.8 Å². The van der Waals surface area contributed by atoms with Crippen LogP contribution in [-0.4, -0.2) is 45.8 Å². The third-order valence-electron chi connectivity index (χ3n) is 4.40. The number of morpholine rings is 1. The normalized spacial score (nSPS) is 17.9. The van der Waals surface area contributed by atoms with Gasteiger partial charge in [-0.25, -0.2) is 4.98 Å². The highest BCUT2D eigenvalue weighted by Crippen LogP contribution is 2.33. The van der Waals surface area contributed by atoms with E-state index in [2.05, 4.69) is 47.1 Å². The van der Waals surface area contributed by atoms with Gasteiger partial charge in [-0.15, -0.1) is 0 Å². The summed E-state index contributed by atoms with van der Waals surface area (Å²) in [5.41, 5.74) is 7.68. The molecule has 0 saturated carbocycles. The Balaban J connectivity index is 2.07. The molecule has 7 heteroatoms. The van der Waals surface area contributed by atoms with Crippen molar-refractivity contribution in [2.75, 3.05) is 36.9 Å². The van der Waals surface area contributed by atoms with E-state index in [-0.39, 0.29) is 11.5 Å². The number of anilines is 2. The van der Waals surface area contributed by atoms with E-state index in [1.165, 1.54) is 0 Å². The topological polar surface area (TPSA) is 82.1 Å². The molecule has 2 aromatic rings. The van der Waals surface area contributed by atoms with Gasteiger partial charge in [0.2, 0.25) is 5.95 Å². The Morgan fingerprint density at radius 2 is 1.91 bits per heavy atom. The van der Waals surface area contributed by atoms with Gasteiger partial charge in [0.1, 0.15) is 5.52 Å². The minimum atomic E-state index is 0.104. The Morgan fingerprint density at radius 1 is 1.23 bits per heavy atom. The van der Waals surface area contributed by atoms with Crippen molar-refractivity contribution in [3.63, 3.8) is 0 Å². The van der Waals surface area contributed by atoms with E-state index in [9.17, 15) is 0 Å².